The Bertz CT molecular complexity index is 5780. The zero-order chi connectivity index (χ0) is 59.4. The van der Waals surface area contributed by atoms with Crippen LogP contribution in [0.5, 0.6) is 0 Å². The molecule has 0 saturated carbocycles. The van der Waals surface area contributed by atoms with Crippen LogP contribution in [0.1, 0.15) is 38.8 Å². The summed E-state index contributed by atoms with van der Waals surface area (Å²) in [6, 6.07) is 91.2. The van der Waals surface area contributed by atoms with E-state index in [2.05, 4.69) is 193 Å². The number of nitrogens with zero attached hydrogens (tertiary/aromatic N) is 7. The third kappa shape index (κ3) is 8.20. The Morgan fingerprint density at radius 1 is 0.386 bits per heavy atom. The first-order chi connectivity index (χ1) is 43.2. The monoisotopic (exact) mass is 1170 g/mol. The summed E-state index contributed by atoms with van der Waals surface area (Å²) >= 11 is 7.56. The number of aromatic nitrogens is 7. The maximum atomic E-state index is 13.4. The number of benzene rings is 12. The highest BCUT2D eigenvalue weighted by molar-refractivity contribution is 7.71. The van der Waals surface area contributed by atoms with Gasteiger partial charge < -0.3 is 0 Å². The topological polar surface area (TPSA) is 74.9 Å². The predicted molar refractivity (Wildman–Crippen MR) is 370 cm³/mol. The zero-order valence-corrected chi connectivity index (χ0v) is 50.3. The van der Waals surface area contributed by atoms with Gasteiger partial charge >= 0.3 is 0 Å². The van der Waals surface area contributed by atoms with Crippen LogP contribution >= 0.6 is 23.6 Å². The highest BCUT2D eigenvalue weighted by Crippen LogP contribution is 2.51. The lowest BCUT2D eigenvalue weighted by Crippen LogP contribution is -2.16. The quantitative estimate of drug-likeness (QED) is 0.127. The molecule has 0 spiro atoms. The van der Waals surface area contributed by atoms with Crippen molar-refractivity contribution in [1.29, 1.82) is 0 Å². The summed E-state index contributed by atoms with van der Waals surface area (Å²) in [6.45, 7) is 8.59. The minimum absolute atomic E-state index is 0.0627. The molecular weight excluding hydrogens is 1120 g/mol. The van der Waals surface area contributed by atoms with Crippen LogP contribution in [-0.4, -0.2) is 33.1 Å². The predicted octanol–water partition coefficient (Wildman–Crippen LogP) is 20.2. The van der Waals surface area contributed by atoms with E-state index >= 15 is 0 Å². The second-order valence-electron chi connectivity index (χ2n) is 22.7. The lowest BCUT2D eigenvalue weighted by Gasteiger charge is -2.21. The molecule has 1 aliphatic rings. The smallest absolute Gasteiger partial charge is 0.261 e. The Kier molecular flexibility index (Phi) is 12.5. The molecule has 0 N–H and O–H groups in total. The summed E-state index contributed by atoms with van der Waals surface area (Å²) < 4.78 is 9.58. The van der Waals surface area contributed by atoms with Crippen LogP contribution in [0.25, 0.3) is 142 Å². The van der Waals surface area contributed by atoms with E-state index in [1.165, 1.54) is 65.5 Å². The highest BCUT2D eigenvalue weighted by Gasteiger charge is 2.36. The minimum Gasteiger partial charge on any atom is -0.294 e. The fourth-order valence-corrected chi connectivity index (χ4v) is 14.9. The Labute approximate surface area is 515 Å². The highest BCUT2D eigenvalue weighted by atomic mass is 32.1. The average molecular weight is 1170 g/mol. The van der Waals surface area contributed by atoms with Crippen LogP contribution in [0.3, 0.4) is 0 Å². The molecule has 5 aromatic heterocycles. The maximum Gasteiger partial charge on any atom is 0.261 e. The number of hydrogen-bond donors (Lipinski definition) is 0. The second-order valence-corrected chi connectivity index (χ2v) is 24.1. The summed E-state index contributed by atoms with van der Waals surface area (Å²) in [5.74, 6) is 1.94. The van der Waals surface area contributed by atoms with Gasteiger partial charge in [0.2, 0.25) is 10.7 Å². The molecule has 0 amide bonds. The van der Waals surface area contributed by atoms with Crippen molar-refractivity contribution in [1.82, 2.24) is 33.1 Å². The largest absolute Gasteiger partial charge is 0.294 e. The molecule has 0 fully saturated rings. The lowest BCUT2D eigenvalue weighted by molar-refractivity contribution is 0.661. The first-order valence-electron chi connectivity index (χ1n) is 29.8. The van der Waals surface area contributed by atoms with Gasteiger partial charge in [-0.25, -0.2) is 4.98 Å². The van der Waals surface area contributed by atoms with Crippen molar-refractivity contribution in [3.05, 3.63) is 287 Å². The molecule has 12 aromatic carbocycles. The van der Waals surface area contributed by atoms with E-state index in [1.807, 2.05) is 103 Å². The van der Waals surface area contributed by atoms with Crippen LogP contribution in [0.2, 0.25) is 0 Å². The normalized spacial score (nSPS) is 12.5. The van der Waals surface area contributed by atoms with Gasteiger partial charge in [-0.1, -0.05) is 227 Å². The van der Waals surface area contributed by atoms with Gasteiger partial charge in [0.15, 0.2) is 10.8 Å². The van der Waals surface area contributed by atoms with E-state index < -0.39 is 0 Å². The number of rotatable bonds is 5. The summed E-state index contributed by atoms with van der Waals surface area (Å²) in [6.07, 6.45) is 0. The van der Waals surface area contributed by atoms with E-state index in [1.54, 1.807) is 21.8 Å². The van der Waals surface area contributed by atoms with Crippen molar-refractivity contribution in [2.45, 2.75) is 33.1 Å². The van der Waals surface area contributed by atoms with Crippen molar-refractivity contribution in [2.75, 3.05) is 0 Å². The summed E-state index contributed by atoms with van der Waals surface area (Å²) in [5.41, 5.74) is 14.4. The molecule has 8 nitrogen and oxygen atoms in total. The third-order valence-electron chi connectivity index (χ3n) is 17.6. The fourth-order valence-electron chi connectivity index (χ4n) is 13.6. The summed E-state index contributed by atoms with van der Waals surface area (Å²) in [5, 5.41) is 12.3. The molecule has 10 heteroatoms. The first kappa shape index (κ1) is 52.9. The van der Waals surface area contributed by atoms with E-state index in [9.17, 15) is 4.79 Å². The Morgan fingerprint density at radius 2 is 0.909 bits per heavy atom. The van der Waals surface area contributed by atoms with Gasteiger partial charge in [-0.2, -0.15) is 9.97 Å². The molecule has 0 unspecified atom stereocenters. The first-order valence-corrected chi connectivity index (χ1v) is 31.1. The molecule has 0 radical (unpaired) electrons. The van der Waals surface area contributed by atoms with Crippen LogP contribution < -0.4 is 5.56 Å². The fraction of sp³-hybridized carbons (Fsp3) is 0.0641. The van der Waals surface area contributed by atoms with E-state index in [0.717, 1.165) is 65.3 Å². The summed E-state index contributed by atoms with van der Waals surface area (Å²) in [7, 11) is 0. The van der Waals surface area contributed by atoms with Crippen LogP contribution in [0.4, 0.5) is 0 Å². The van der Waals surface area contributed by atoms with Gasteiger partial charge in [-0.05, 0) is 145 Å². The van der Waals surface area contributed by atoms with Crippen molar-refractivity contribution >= 4 is 115 Å². The molecule has 5 heterocycles. The number of para-hydroxylation sites is 4. The van der Waals surface area contributed by atoms with Gasteiger partial charge in [0.25, 0.3) is 5.56 Å². The standard InChI is InChI=1S/C45H28N4S.C31H21N3OS.C2H6/c50-45-47-43(29-13-3-1-4-14-29)46-44(48(45)32-15-5-2-6-16-32)49-41-22-12-11-21-38(41)40-28-31(24-26-42(40)49)30-23-25-37-35-19-8-7-17-33(35)34-18-9-10-20-36(34)39(37)27-30;1-31(2)22-11-5-3-9-18(22)20-15-21-19-10-4-6-12-24(19)33(26(21)16-23(20)31)28-17-29(35)34-25-13-7-8-14-27(25)36-30(34)32-28;1-2/h1-28H;3-17H,1-2H3;1-2H3. The Morgan fingerprint density at radius 3 is 1.60 bits per heavy atom. The van der Waals surface area contributed by atoms with E-state index in [4.69, 9.17) is 27.2 Å². The Hall–Kier alpha value is -10.7. The molecule has 1 aliphatic carbocycles. The molecule has 88 heavy (non-hydrogen) atoms. The molecule has 420 valence electrons. The van der Waals surface area contributed by atoms with Crippen molar-refractivity contribution in [2.24, 2.45) is 0 Å². The zero-order valence-electron chi connectivity index (χ0n) is 48.7. The molecule has 0 aliphatic heterocycles. The van der Waals surface area contributed by atoms with Gasteiger partial charge in [0.05, 0.1) is 38.0 Å². The third-order valence-corrected chi connectivity index (χ3v) is 18.9. The molecule has 0 atom stereocenters. The maximum absolute atomic E-state index is 13.4. The van der Waals surface area contributed by atoms with Crippen LogP contribution in [0.15, 0.2) is 266 Å². The molecule has 18 rings (SSSR count). The van der Waals surface area contributed by atoms with Crippen LogP contribution in [-0.2, 0) is 5.41 Å². The minimum atomic E-state index is -0.107. The van der Waals surface area contributed by atoms with Crippen molar-refractivity contribution < 1.29 is 0 Å². The molecule has 0 bridgehead atoms. The number of thiazole rings is 1. The van der Waals surface area contributed by atoms with Crippen molar-refractivity contribution in [3.63, 3.8) is 0 Å². The van der Waals surface area contributed by atoms with Gasteiger partial charge in [0.1, 0.15) is 5.82 Å². The van der Waals surface area contributed by atoms with E-state index in [0.29, 0.717) is 27.3 Å². The van der Waals surface area contributed by atoms with Crippen LogP contribution in [0, 0.1) is 4.77 Å². The molecule has 0 saturated heterocycles. The summed E-state index contributed by atoms with van der Waals surface area (Å²) in [4.78, 5) is 29.2. The lowest BCUT2D eigenvalue weighted by atomic mass is 9.82. The van der Waals surface area contributed by atoms with Gasteiger partial charge in [-0.15, -0.1) is 0 Å². The molecule has 17 aromatic rings. The SMILES string of the molecule is CC.CC1(C)c2ccccc2-c2cc3c4ccccc4n(-c4cc(=O)n5c(n4)sc4ccccc45)c3cc21.S=c1nc(-c2ccccc2)nc(-n2c3ccccc3c3cc(-c4ccc5c6ccccc6c6ccccc6c5c4)ccc32)n1-c1ccccc1. The molecular formula is C78H55N7OS2. The number of fused-ring (bicyclic) bond motifs is 18. The number of hydrogen-bond acceptors (Lipinski definition) is 6. The van der Waals surface area contributed by atoms with Crippen molar-refractivity contribution in [3.8, 4) is 51.1 Å². The van der Waals surface area contributed by atoms with Gasteiger partial charge in [0, 0.05) is 38.6 Å². The second kappa shape index (κ2) is 20.8. The average Bonchev–Trinajstić information content (AvgIpc) is 1.57. The van der Waals surface area contributed by atoms with Gasteiger partial charge in [-0.3, -0.25) is 22.9 Å². The van der Waals surface area contributed by atoms with E-state index in [-0.39, 0.29) is 11.0 Å². The Balaban J connectivity index is 0.000000145.